The van der Waals surface area contributed by atoms with Gasteiger partial charge >= 0.3 is 5.97 Å². The van der Waals surface area contributed by atoms with Gasteiger partial charge in [0.05, 0.1) is 23.5 Å². The summed E-state index contributed by atoms with van der Waals surface area (Å²) in [5.41, 5.74) is 3.02. The average molecular weight is 533 g/mol. The maximum Gasteiger partial charge on any atom is 0.311 e. The van der Waals surface area contributed by atoms with Crippen molar-refractivity contribution in [1.82, 2.24) is 19.5 Å². The Balaban J connectivity index is 1.25. The number of fused-ring (bicyclic) bond motifs is 1. The summed E-state index contributed by atoms with van der Waals surface area (Å²) < 4.78 is 26.3. The molecule has 0 bridgehead atoms. The Hall–Kier alpha value is -4.21. The van der Waals surface area contributed by atoms with Gasteiger partial charge in [-0.3, -0.25) is 4.79 Å². The first-order valence-corrected chi connectivity index (χ1v) is 13.2. The number of esters is 1. The van der Waals surface area contributed by atoms with Crippen LogP contribution in [0.1, 0.15) is 32.3 Å². The van der Waals surface area contributed by atoms with Crippen LogP contribution in [0.5, 0.6) is 5.88 Å². The highest BCUT2D eigenvalue weighted by molar-refractivity contribution is 5.79. The van der Waals surface area contributed by atoms with Gasteiger partial charge in [0, 0.05) is 38.4 Å². The Morgan fingerprint density at radius 3 is 2.56 bits per heavy atom. The van der Waals surface area contributed by atoms with E-state index in [2.05, 4.69) is 30.4 Å². The van der Waals surface area contributed by atoms with Crippen molar-refractivity contribution in [2.75, 3.05) is 36.7 Å². The molecule has 0 radical (unpaired) electrons. The lowest BCUT2D eigenvalue weighted by Crippen LogP contribution is -2.44. The minimum atomic E-state index is -0.320. The molecule has 2 aromatic heterocycles. The van der Waals surface area contributed by atoms with Crippen LogP contribution in [0.15, 0.2) is 60.8 Å². The number of hydrogen-bond acceptors (Lipinski definition) is 8. The Kier molecular flexibility index (Phi) is 7.90. The second kappa shape index (κ2) is 11.7. The highest BCUT2D eigenvalue weighted by Gasteiger charge is 2.27. The van der Waals surface area contributed by atoms with E-state index in [9.17, 15) is 9.18 Å². The monoisotopic (exact) mass is 532 g/mol. The van der Waals surface area contributed by atoms with Crippen molar-refractivity contribution in [2.24, 2.45) is 5.92 Å². The molecule has 9 nitrogen and oxygen atoms in total. The predicted molar refractivity (Wildman–Crippen MR) is 147 cm³/mol. The summed E-state index contributed by atoms with van der Waals surface area (Å²) in [5, 5.41) is 0. The molecule has 0 spiro atoms. The summed E-state index contributed by atoms with van der Waals surface area (Å²) >= 11 is 0. The quantitative estimate of drug-likeness (QED) is 0.227. The molecule has 3 heterocycles. The smallest absolute Gasteiger partial charge is 0.311 e. The Morgan fingerprint density at radius 1 is 1.08 bits per heavy atom. The van der Waals surface area contributed by atoms with Crippen molar-refractivity contribution in [2.45, 2.75) is 39.3 Å². The largest absolute Gasteiger partial charge is 0.440 e. The molecule has 1 aliphatic heterocycles. The molecule has 0 amide bonds. The molecule has 2 aromatic carbocycles. The van der Waals surface area contributed by atoms with Crippen molar-refractivity contribution in [1.29, 1.82) is 0 Å². The number of piperidine rings is 1. The molecule has 39 heavy (non-hydrogen) atoms. The standard InChI is InChI=1S/C29H33FN6O3/c1-20(2)27(37)39-19-38-26-12-15-31-28(33-26)34(3)23-13-16-35(17-14-23)29-32-24-6-4-5-7-25(24)36(29)18-21-8-10-22(30)11-9-21/h4-12,15,20,23H,13-14,16-19H2,1-3H3. The summed E-state index contributed by atoms with van der Waals surface area (Å²) in [7, 11) is 1.99. The number of hydrogen-bond donors (Lipinski definition) is 0. The van der Waals surface area contributed by atoms with Gasteiger partial charge in [-0.2, -0.15) is 4.98 Å². The van der Waals surface area contributed by atoms with Crippen LogP contribution in [0.25, 0.3) is 11.0 Å². The highest BCUT2D eigenvalue weighted by Crippen LogP contribution is 2.28. The fourth-order valence-electron chi connectivity index (χ4n) is 4.75. The van der Waals surface area contributed by atoms with Gasteiger partial charge in [0.1, 0.15) is 5.82 Å². The van der Waals surface area contributed by atoms with E-state index in [-0.39, 0.29) is 30.5 Å². The lowest BCUT2D eigenvalue weighted by molar-refractivity contribution is -0.154. The molecule has 1 fully saturated rings. The van der Waals surface area contributed by atoms with Gasteiger partial charge in [0.2, 0.25) is 24.6 Å². The highest BCUT2D eigenvalue weighted by atomic mass is 19.1. The van der Waals surface area contributed by atoms with Gasteiger partial charge < -0.3 is 23.8 Å². The van der Waals surface area contributed by atoms with Gasteiger partial charge in [0.15, 0.2) is 0 Å². The molecule has 0 N–H and O–H groups in total. The van der Waals surface area contributed by atoms with Crippen LogP contribution < -0.4 is 14.5 Å². The van der Waals surface area contributed by atoms with Gasteiger partial charge in [0.25, 0.3) is 0 Å². The minimum Gasteiger partial charge on any atom is -0.440 e. The van der Waals surface area contributed by atoms with Crippen LogP contribution in [-0.2, 0) is 16.1 Å². The third kappa shape index (κ3) is 6.10. The number of imidazole rings is 1. The van der Waals surface area contributed by atoms with Crippen molar-refractivity contribution in [3.63, 3.8) is 0 Å². The third-order valence-electron chi connectivity index (χ3n) is 7.00. The average Bonchev–Trinajstić information content (AvgIpc) is 3.32. The van der Waals surface area contributed by atoms with Crippen LogP contribution >= 0.6 is 0 Å². The zero-order valence-electron chi connectivity index (χ0n) is 22.5. The number of ether oxygens (including phenoxy) is 2. The number of halogens is 1. The van der Waals surface area contributed by atoms with Crippen molar-refractivity contribution in [3.8, 4) is 5.88 Å². The number of anilines is 2. The number of carbonyl (C=O) groups excluding carboxylic acids is 1. The van der Waals surface area contributed by atoms with E-state index in [1.54, 1.807) is 26.1 Å². The Labute approximate surface area is 227 Å². The Bertz CT molecular complexity index is 1420. The number of carbonyl (C=O) groups is 1. The van der Waals surface area contributed by atoms with E-state index in [1.165, 1.54) is 12.1 Å². The van der Waals surface area contributed by atoms with E-state index in [0.717, 1.165) is 48.5 Å². The van der Waals surface area contributed by atoms with Crippen molar-refractivity contribution in [3.05, 3.63) is 72.2 Å². The lowest BCUT2D eigenvalue weighted by Gasteiger charge is -2.37. The van der Waals surface area contributed by atoms with E-state index in [4.69, 9.17) is 14.5 Å². The van der Waals surface area contributed by atoms with E-state index >= 15 is 0 Å². The third-order valence-corrected chi connectivity index (χ3v) is 7.00. The molecular formula is C29H33FN6O3. The summed E-state index contributed by atoms with van der Waals surface area (Å²) in [6.45, 7) is 5.61. The number of aromatic nitrogens is 4. The molecule has 0 aliphatic carbocycles. The number of nitrogens with zero attached hydrogens (tertiary/aromatic N) is 6. The molecule has 204 valence electrons. The van der Waals surface area contributed by atoms with E-state index in [1.807, 2.05) is 37.4 Å². The molecule has 4 aromatic rings. The topological polar surface area (TPSA) is 85.6 Å². The van der Waals surface area contributed by atoms with Crippen molar-refractivity contribution >= 4 is 28.9 Å². The van der Waals surface area contributed by atoms with Crippen LogP contribution in [0.3, 0.4) is 0 Å². The summed E-state index contributed by atoms with van der Waals surface area (Å²) in [4.78, 5) is 29.9. The zero-order chi connectivity index (χ0) is 27.4. The van der Waals surface area contributed by atoms with Crippen molar-refractivity contribution < 1.29 is 18.7 Å². The molecule has 0 unspecified atom stereocenters. The maximum atomic E-state index is 13.5. The summed E-state index contributed by atoms with van der Waals surface area (Å²) in [6.07, 6.45) is 3.44. The van der Waals surface area contributed by atoms with Crippen LogP contribution in [0.2, 0.25) is 0 Å². The van der Waals surface area contributed by atoms with E-state index in [0.29, 0.717) is 18.4 Å². The molecule has 10 heteroatoms. The molecule has 0 atom stereocenters. The molecule has 1 aliphatic rings. The zero-order valence-corrected chi connectivity index (χ0v) is 22.5. The van der Waals surface area contributed by atoms with Gasteiger partial charge in [-0.25, -0.2) is 14.4 Å². The van der Waals surface area contributed by atoms with Gasteiger partial charge in [-0.05, 0) is 42.7 Å². The first-order chi connectivity index (χ1) is 18.9. The van der Waals surface area contributed by atoms with E-state index < -0.39 is 0 Å². The second-order valence-corrected chi connectivity index (χ2v) is 10.0. The van der Waals surface area contributed by atoms with Crippen LogP contribution in [-0.4, -0.2) is 58.5 Å². The normalized spacial score (nSPS) is 14.1. The first-order valence-electron chi connectivity index (χ1n) is 13.2. The molecule has 0 saturated carbocycles. The number of rotatable bonds is 9. The first kappa shape index (κ1) is 26.4. The molecule has 5 rings (SSSR count). The molecule has 1 saturated heterocycles. The van der Waals surface area contributed by atoms with Gasteiger partial charge in [-0.15, -0.1) is 0 Å². The number of benzene rings is 2. The summed E-state index contributed by atoms with van der Waals surface area (Å²) in [5.74, 6) is 1.06. The van der Waals surface area contributed by atoms with Crippen LogP contribution in [0.4, 0.5) is 16.3 Å². The van der Waals surface area contributed by atoms with Gasteiger partial charge in [-0.1, -0.05) is 38.1 Å². The second-order valence-electron chi connectivity index (χ2n) is 10.0. The summed E-state index contributed by atoms with van der Waals surface area (Å²) in [6, 6.07) is 16.6. The molecular weight excluding hydrogens is 499 g/mol. The SMILES string of the molecule is CC(C)C(=O)OCOc1ccnc(N(C)C2CCN(c3nc4ccccc4n3Cc3ccc(F)cc3)CC2)n1. The fraction of sp³-hybridized carbons (Fsp3) is 0.379. The number of para-hydroxylation sites is 2. The fourth-order valence-corrected chi connectivity index (χ4v) is 4.75. The van der Waals surface area contributed by atoms with Crippen LogP contribution in [0, 0.1) is 11.7 Å². The predicted octanol–water partition coefficient (Wildman–Crippen LogP) is 4.65. The Morgan fingerprint density at radius 2 is 1.82 bits per heavy atom. The minimum absolute atomic E-state index is 0.186. The lowest BCUT2D eigenvalue weighted by atomic mass is 10.0. The maximum absolute atomic E-state index is 13.5.